The number of aromatic nitrogens is 1. The summed E-state index contributed by atoms with van der Waals surface area (Å²) in [6, 6.07) is 13.1. The molecule has 0 fully saturated rings. The van der Waals surface area contributed by atoms with Gasteiger partial charge in [-0.1, -0.05) is 23.5 Å². The van der Waals surface area contributed by atoms with Gasteiger partial charge < -0.3 is 14.0 Å². The first-order chi connectivity index (χ1) is 11.7. The number of thiazole rings is 1. The highest BCUT2D eigenvalue weighted by Gasteiger charge is 2.11. The topological polar surface area (TPSA) is 52.8 Å². The van der Waals surface area contributed by atoms with Crippen molar-refractivity contribution in [2.75, 3.05) is 14.2 Å². The number of hydrogen-bond donors (Lipinski definition) is 0. The van der Waals surface area contributed by atoms with Crippen molar-refractivity contribution in [3.05, 3.63) is 52.8 Å². The van der Waals surface area contributed by atoms with Gasteiger partial charge in [-0.25, -0.2) is 0 Å². The Balaban J connectivity index is 2.10. The van der Waals surface area contributed by atoms with Gasteiger partial charge in [0, 0.05) is 18.2 Å². The minimum atomic E-state index is -0.319. The fourth-order valence-corrected chi connectivity index (χ4v) is 3.59. The van der Waals surface area contributed by atoms with E-state index in [9.17, 15) is 4.79 Å². The predicted molar refractivity (Wildman–Crippen MR) is 94.9 cm³/mol. The van der Waals surface area contributed by atoms with Gasteiger partial charge in [-0.3, -0.25) is 4.79 Å². The van der Waals surface area contributed by atoms with Crippen molar-refractivity contribution in [2.24, 2.45) is 4.99 Å². The molecule has 0 saturated heterocycles. The van der Waals surface area contributed by atoms with Gasteiger partial charge in [0.15, 0.2) is 4.80 Å². The van der Waals surface area contributed by atoms with E-state index in [0.717, 1.165) is 16.8 Å². The fourth-order valence-electron chi connectivity index (χ4n) is 2.49. The summed E-state index contributed by atoms with van der Waals surface area (Å²) in [6.45, 7) is 2.79. The van der Waals surface area contributed by atoms with Crippen molar-refractivity contribution >= 4 is 27.5 Å². The van der Waals surface area contributed by atoms with E-state index in [0.29, 0.717) is 21.9 Å². The van der Waals surface area contributed by atoms with Crippen molar-refractivity contribution in [1.82, 2.24) is 4.57 Å². The first kappa shape index (κ1) is 16.3. The average Bonchev–Trinajstić information content (AvgIpc) is 2.97. The minimum absolute atomic E-state index is 0.319. The van der Waals surface area contributed by atoms with Crippen molar-refractivity contribution in [2.45, 2.75) is 13.5 Å². The summed E-state index contributed by atoms with van der Waals surface area (Å²) in [7, 11) is 3.11. The molecule has 124 valence electrons. The van der Waals surface area contributed by atoms with Crippen LogP contribution >= 0.6 is 11.3 Å². The molecule has 1 heterocycles. The normalized spacial score (nSPS) is 11.7. The third kappa shape index (κ3) is 3.05. The number of para-hydroxylation sites is 1. The van der Waals surface area contributed by atoms with Crippen LogP contribution in [0.3, 0.4) is 0 Å². The van der Waals surface area contributed by atoms with E-state index in [1.807, 2.05) is 35.8 Å². The molecule has 0 N–H and O–H groups in total. The minimum Gasteiger partial charge on any atom is -0.497 e. The zero-order valence-electron chi connectivity index (χ0n) is 13.8. The second kappa shape index (κ2) is 6.88. The maximum absolute atomic E-state index is 12.6. The van der Waals surface area contributed by atoms with Gasteiger partial charge in [-0.05, 0) is 31.2 Å². The quantitative estimate of drug-likeness (QED) is 0.729. The molecule has 24 heavy (non-hydrogen) atoms. The molecule has 1 amide bonds. The lowest BCUT2D eigenvalue weighted by atomic mass is 10.2. The summed E-state index contributed by atoms with van der Waals surface area (Å²) in [6.07, 6.45) is 0. The number of carbonyl (C=O) groups excluding carboxylic acids is 1. The van der Waals surface area contributed by atoms with Crippen molar-refractivity contribution in [3.63, 3.8) is 0 Å². The average molecular weight is 342 g/mol. The lowest BCUT2D eigenvalue weighted by molar-refractivity contribution is 0.0997. The number of methoxy groups -OCH3 is 2. The molecule has 0 aliphatic carbocycles. The number of aryl methyl sites for hydroxylation is 1. The number of carbonyl (C=O) groups is 1. The highest BCUT2D eigenvalue weighted by atomic mass is 32.1. The zero-order valence-corrected chi connectivity index (χ0v) is 14.6. The molecule has 2 aromatic carbocycles. The standard InChI is InChI=1S/C18H18N2O3S/c1-4-20-15-7-5-6-8-16(15)24-18(20)19-17(21)12-9-13(22-2)11-14(10-12)23-3/h5-11H,4H2,1-3H3. The monoisotopic (exact) mass is 342 g/mol. The Kier molecular flexibility index (Phi) is 4.66. The number of nitrogens with zero attached hydrogens (tertiary/aromatic N) is 2. The second-order valence-corrected chi connectivity index (χ2v) is 6.12. The lowest BCUT2D eigenvalue weighted by Crippen LogP contribution is -2.15. The molecule has 0 unspecified atom stereocenters. The molecule has 0 radical (unpaired) electrons. The second-order valence-electron chi connectivity index (χ2n) is 5.11. The van der Waals surface area contributed by atoms with Gasteiger partial charge in [0.2, 0.25) is 0 Å². The van der Waals surface area contributed by atoms with Gasteiger partial charge in [0.05, 0.1) is 24.4 Å². The molecule has 0 aliphatic heterocycles. The highest BCUT2D eigenvalue weighted by molar-refractivity contribution is 7.16. The van der Waals surface area contributed by atoms with Crippen LogP contribution in [-0.4, -0.2) is 24.7 Å². The first-order valence-electron chi connectivity index (χ1n) is 7.56. The van der Waals surface area contributed by atoms with Crippen LogP contribution in [0.25, 0.3) is 10.2 Å². The maximum atomic E-state index is 12.6. The Hall–Kier alpha value is -2.60. The van der Waals surface area contributed by atoms with Crippen LogP contribution in [0.2, 0.25) is 0 Å². The van der Waals surface area contributed by atoms with E-state index in [-0.39, 0.29) is 5.91 Å². The molecule has 0 aliphatic rings. The molecule has 3 rings (SSSR count). The third-order valence-electron chi connectivity index (χ3n) is 3.70. The third-order valence-corrected chi connectivity index (χ3v) is 4.76. The number of fused-ring (bicyclic) bond motifs is 1. The molecule has 1 aromatic heterocycles. The van der Waals surface area contributed by atoms with Gasteiger partial charge in [-0.2, -0.15) is 4.99 Å². The van der Waals surface area contributed by atoms with Crippen LogP contribution in [0, 0.1) is 0 Å². The van der Waals surface area contributed by atoms with Gasteiger partial charge in [0.1, 0.15) is 11.5 Å². The Bertz CT molecular complexity index is 934. The fraction of sp³-hybridized carbons (Fsp3) is 0.222. The van der Waals surface area contributed by atoms with Crippen LogP contribution in [-0.2, 0) is 6.54 Å². The summed E-state index contributed by atoms with van der Waals surface area (Å²) in [4.78, 5) is 17.6. The molecular formula is C18H18N2O3S. The number of benzene rings is 2. The van der Waals surface area contributed by atoms with Crippen LogP contribution in [0.1, 0.15) is 17.3 Å². The maximum Gasteiger partial charge on any atom is 0.279 e. The predicted octanol–water partition coefficient (Wildman–Crippen LogP) is 3.48. The summed E-state index contributed by atoms with van der Waals surface area (Å²) in [5.74, 6) is 0.807. The lowest BCUT2D eigenvalue weighted by Gasteiger charge is -2.06. The molecule has 0 atom stereocenters. The van der Waals surface area contributed by atoms with Crippen molar-refractivity contribution in [1.29, 1.82) is 0 Å². The number of amides is 1. The Morgan fingerprint density at radius 3 is 2.42 bits per heavy atom. The largest absolute Gasteiger partial charge is 0.497 e. The molecule has 3 aromatic rings. The smallest absolute Gasteiger partial charge is 0.279 e. The van der Waals surface area contributed by atoms with Crippen molar-refractivity contribution < 1.29 is 14.3 Å². The van der Waals surface area contributed by atoms with E-state index in [1.165, 1.54) is 11.3 Å². The Labute approximate surface area is 143 Å². The van der Waals surface area contributed by atoms with Gasteiger partial charge in [0.25, 0.3) is 5.91 Å². The summed E-state index contributed by atoms with van der Waals surface area (Å²) >= 11 is 1.50. The molecule has 0 saturated carbocycles. The van der Waals surface area contributed by atoms with Crippen LogP contribution in [0.5, 0.6) is 11.5 Å². The summed E-state index contributed by atoms with van der Waals surface area (Å²) in [5.41, 5.74) is 1.52. The van der Waals surface area contributed by atoms with E-state index >= 15 is 0 Å². The van der Waals surface area contributed by atoms with Gasteiger partial charge in [-0.15, -0.1) is 0 Å². The Morgan fingerprint density at radius 2 is 1.79 bits per heavy atom. The van der Waals surface area contributed by atoms with E-state index < -0.39 is 0 Å². The Morgan fingerprint density at radius 1 is 1.12 bits per heavy atom. The summed E-state index contributed by atoms with van der Waals surface area (Å²) in [5, 5.41) is 0. The highest BCUT2D eigenvalue weighted by Crippen LogP contribution is 2.23. The molecule has 0 bridgehead atoms. The van der Waals surface area contributed by atoms with Crippen molar-refractivity contribution in [3.8, 4) is 11.5 Å². The SMILES string of the molecule is CCn1c(=NC(=O)c2cc(OC)cc(OC)c2)sc2ccccc21. The summed E-state index contributed by atoms with van der Waals surface area (Å²) < 4.78 is 13.6. The number of ether oxygens (including phenoxy) is 2. The number of hydrogen-bond acceptors (Lipinski definition) is 4. The van der Waals surface area contributed by atoms with Crippen LogP contribution < -0.4 is 14.3 Å². The molecule has 6 heteroatoms. The zero-order chi connectivity index (χ0) is 17.1. The molecule has 5 nitrogen and oxygen atoms in total. The van der Waals surface area contributed by atoms with E-state index in [4.69, 9.17) is 9.47 Å². The van der Waals surface area contributed by atoms with E-state index in [2.05, 4.69) is 4.99 Å². The molecule has 0 spiro atoms. The van der Waals surface area contributed by atoms with Crippen LogP contribution in [0.15, 0.2) is 47.5 Å². The molecular weight excluding hydrogens is 324 g/mol. The van der Waals surface area contributed by atoms with Crippen LogP contribution in [0.4, 0.5) is 0 Å². The van der Waals surface area contributed by atoms with Gasteiger partial charge >= 0.3 is 0 Å². The first-order valence-corrected chi connectivity index (χ1v) is 8.38. The van der Waals surface area contributed by atoms with E-state index in [1.54, 1.807) is 32.4 Å². The number of rotatable bonds is 4.